The highest BCUT2D eigenvalue weighted by atomic mass is 19.3. The summed E-state index contributed by atoms with van der Waals surface area (Å²) in [6.45, 7) is 3.08. The Bertz CT molecular complexity index is 533. The van der Waals surface area contributed by atoms with Crippen molar-refractivity contribution >= 4 is 11.8 Å². The Morgan fingerprint density at radius 1 is 1.30 bits per heavy atom. The van der Waals surface area contributed by atoms with Gasteiger partial charge in [-0.1, -0.05) is 30.8 Å². The molecule has 0 atom stereocenters. The van der Waals surface area contributed by atoms with E-state index in [0.717, 1.165) is 12.8 Å². The number of benzene rings is 1. The number of nitrogens with one attached hydrogen (secondary N) is 1. The lowest BCUT2D eigenvalue weighted by molar-refractivity contribution is -0.130. The predicted octanol–water partition coefficient (Wildman–Crippen LogP) is 2.56. The first kappa shape index (κ1) is 14.4. The molecule has 2 rings (SSSR count). The number of carbonyl (C=O) groups is 2. The van der Waals surface area contributed by atoms with Gasteiger partial charge in [0.05, 0.1) is 6.42 Å². The molecule has 0 aliphatic heterocycles. The molecular weight excluding hydrogens is 264 g/mol. The summed E-state index contributed by atoms with van der Waals surface area (Å²) < 4.78 is 26.6. The van der Waals surface area contributed by atoms with Crippen LogP contribution in [0.1, 0.15) is 24.0 Å². The van der Waals surface area contributed by atoms with E-state index in [4.69, 9.17) is 0 Å². The molecule has 1 aromatic rings. The van der Waals surface area contributed by atoms with Crippen molar-refractivity contribution in [3.63, 3.8) is 0 Å². The second kappa shape index (κ2) is 5.53. The van der Waals surface area contributed by atoms with Crippen molar-refractivity contribution in [1.82, 2.24) is 5.32 Å². The molecule has 2 amide bonds. The minimum absolute atomic E-state index is 0.00159. The Kier molecular flexibility index (Phi) is 3.97. The van der Waals surface area contributed by atoms with Crippen molar-refractivity contribution in [2.75, 3.05) is 0 Å². The van der Waals surface area contributed by atoms with Crippen LogP contribution in [0.3, 0.4) is 0 Å². The summed E-state index contributed by atoms with van der Waals surface area (Å²) in [6.07, 6.45) is 2.22. The minimum Gasteiger partial charge on any atom is -0.296 e. The number of allylic oxidation sites excluding steroid dienone is 1. The molecule has 1 N–H and O–H groups in total. The number of halogens is 2. The lowest BCUT2D eigenvalue weighted by atomic mass is 10.0. The average molecular weight is 279 g/mol. The Balaban J connectivity index is 1.94. The number of carbonyl (C=O) groups excluding carboxylic acids is 2. The normalized spacial score (nSPS) is 14.7. The first-order valence-corrected chi connectivity index (χ1v) is 6.37. The van der Waals surface area contributed by atoms with Crippen LogP contribution in [0.25, 0.3) is 0 Å². The van der Waals surface area contributed by atoms with Gasteiger partial charge in [-0.15, -0.1) is 0 Å². The molecule has 0 bridgehead atoms. The molecule has 0 radical (unpaired) electrons. The second-order valence-corrected chi connectivity index (χ2v) is 4.89. The third-order valence-corrected chi connectivity index (χ3v) is 3.17. The lowest BCUT2D eigenvalue weighted by Gasteiger charge is -2.12. The second-order valence-electron chi connectivity index (χ2n) is 4.89. The van der Waals surface area contributed by atoms with Gasteiger partial charge in [-0.25, -0.2) is 0 Å². The van der Waals surface area contributed by atoms with Gasteiger partial charge >= 0.3 is 0 Å². The molecule has 3 nitrogen and oxygen atoms in total. The smallest absolute Gasteiger partial charge is 0.291 e. The zero-order valence-electron chi connectivity index (χ0n) is 10.9. The van der Waals surface area contributed by atoms with E-state index in [9.17, 15) is 18.4 Å². The van der Waals surface area contributed by atoms with E-state index in [2.05, 4.69) is 11.9 Å². The van der Waals surface area contributed by atoms with E-state index in [1.807, 2.05) is 0 Å². The van der Waals surface area contributed by atoms with Crippen LogP contribution < -0.4 is 5.32 Å². The van der Waals surface area contributed by atoms with Gasteiger partial charge in [0.2, 0.25) is 11.8 Å². The van der Waals surface area contributed by atoms with Gasteiger partial charge in [-0.05, 0) is 24.5 Å². The number of imide groups is 1. The Morgan fingerprint density at radius 3 is 2.40 bits per heavy atom. The molecule has 0 unspecified atom stereocenters. The molecule has 5 heteroatoms. The molecule has 1 fully saturated rings. The zero-order chi connectivity index (χ0) is 14.8. The van der Waals surface area contributed by atoms with Crippen molar-refractivity contribution in [3.05, 3.63) is 48.0 Å². The van der Waals surface area contributed by atoms with Gasteiger partial charge in [0, 0.05) is 11.5 Å². The van der Waals surface area contributed by atoms with E-state index in [0.29, 0.717) is 11.6 Å². The quantitative estimate of drug-likeness (QED) is 0.842. The van der Waals surface area contributed by atoms with Crippen LogP contribution in [0.15, 0.2) is 36.9 Å². The average Bonchev–Trinajstić information content (AvgIpc) is 3.23. The lowest BCUT2D eigenvalue weighted by Crippen LogP contribution is -2.32. The van der Waals surface area contributed by atoms with Crippen molar-refractivity contribution in [2.45, 2.75) is 25.2 Å². The maximum absolute atomic E-state index is 13.3. The summed E-state index contributed by atoms with van der Waals surface area (Å²) in [7, 11) is 0. The molecule has 20 heavy (non-hydrogen) atoms. The molecular formula is C15H15F2NO2. The molecule has 0 aromatic heterocycles. The molecule has 1 aliphatic rings. The van der Waals surface area contributed by atoms with Gasteiger partial charge in [-0.2, -0.15) is 8.78 Å². The van der Waals surface area contributed by atoms with Crippen LogP contribution in [0.2, 0.25) is 0 Å². The molecule has 0 heterocycles. The summed E-state index contributed by atoms with van der Waals surface area (Å²) >= 11 is 0. The molecule has 1 aliphatic carbocycles. The predicted molar refractivity (Wildman–Crippen MR) is 70.1 cm³/mol. The third kappa shape index (κ3) is 3.50. The van der Waals surface area contributed by atoms with E-state index in [1.165, 1.54) is 24.3 Å². The fraction of sp³-hybridized carbons (Fsp3) is 0.333. The number of alkyl halides is 2. The van der Waals surface area contributed by atoms with E-state index in [-0.39, 0.29) is 23.8 Å². The van der Waals surface area contributed by atoms with Gasteiger partial charge in [-0.3, -0.25) is 14.9 Å². The van der Waals surface area contributed by atoms with Crippen molar-refractivity contribution < 1.29 is 18.4 Å². The number of hydrogen-bond acceptors (Lipinski definition) is 2. The maximum atomic E-state index is 13.3. The van der Waals surface area contributed by atoms with Crippen LogP contribution in [0.4, 0.5) is 8.78 Å². The minimum atomic E-state index is -3.08. The van der Waals surface area contributed by atoms with Gasteiger partial charge in [0.15, 0.2) is 0 Å². The monoisotopic (exact) mass is 279 g/mol. The Labute approximate surface area is 115 Å². The van der Waals surface area contributed by atoms with Gasteiger partial charge in [0.1, 0.15) is 0 Å². The first-order chi connectivity index (χ1) is 9.42. The SMILES string of the molecule is C=CC(F)(F)c1ccc(CC(=O)NC(=O)C2CC2)cc1. The third-order valence-electron chi connectivity index (χ3n) is 3.17. The molecule has 1 aromatic carbocycles. The fourth-order valence-corrected chi connectivity index (χ4v) is 1.78. The summed E-state index contributed by atoms with van der Waals surface area (Å²) in [5, 5.41) is 2.30. The van der Waals surface area contributed by atoms with Crippen LogP contribution >= 0.6 is 0 Å². The molecule has 1 saturated carbocycles. The number of amides is 2. The van der Waals surface area contributed by atoms with Crippen molar-refractivity contribution in [2.24, 2.45) is 5.92 Å². The highest BCUT2D eigenvalue weighted by Gasteiger charge is 2.30. The standard InChI is InChI=1S/C15H15F2NO2/c1-2-15(16,17)12-7-3-10(4-8-12)9-13(19)18-14(20)11-5-6-11/h2-4,7-8,11H,1,5-6,9H2,(H,18,19,20). The first-order valence-electron chi connectivity index (χ1n) is 6.37. The summed E-state index contributed by atoms with van der Waals surface area (Å²) in [5.74, 6) is -3.77. The van der Waals surface area contributed by atoms with Crippen LogP contribution in [0.5, 0.6) is 0 Å². The topological polar surface area (TPSA) is 46.2 Å². The van der Waals surface area contributed by atoms with Gasteiger partial charge < -0.3 is 0 Å². The van der Waals surface area contributed by atoms with Crippen LogP contribution in [-0.4, -0.2) is 11.8 Å². The van der Waals surface area contributed by atoms with Gasteiger partial charge in [0.25, 0.3) is 5.92 Å². The number of rotatable bonds is 5. The van der Waals surface area contributed by atoms with E-state index >= 15 is 0 Å². The van der Waals surface area contributed by atoms with Crippen molar-refractivity contribution in [1.29, 1.82) is 0 Å². The zero-order valence-corrected chi connectivity index (χ0v) is 10.9. The molecule has 0 saturated heterocycles. The highest BCUT2D eigenvalue weighted by Crippen LogP contribution is 2.29. The summed E-state index contributed by atoms with van der Waals surface area (Å²) in [5.41, 5.74) is 0.403. The Morgan fingerprint density at radius 2 is 1.90 bits per heavy atom. The molecule has 106 valence electrons. The fourth-order valence-electron chi connectivity index (χ4n) is 1.78. The summed E-state index contributed by atoms with van der Waals surface area (Å²) in [4.78, 5) is 23.0. The highest BCUT2D eigenvalue weighted by molar-refractivity contribution is 5.97. The maximum Gasteiger partial charge on any atom is 0.291 e. The van der Waals surface area contributed by atoms with Crippen LogP contribution in [0, 0.1) is 5.92 Å². The summed E-state index contributed by atoms with van der Waals surface area (Å²) in [6, 6.07) is 5.42. The van der Waals surface area contributed by atoms with Crippen molar-refractivity contribution in [3.8, 4) is 0 Å². The van der Waals surface area contributed by atoms with E-state index in [1.54, 1.807) is 0 Å². The molecule has 0 spiro atoms. The van der Waals surface area contributed by atoms with E-state index < -0.39 is 11.8 Å². The number of hydrogen-bond donors (Lipinski definition) is 1. The largest absolute Gasteiger partial charge is 0.296 e. The van der Waals surface area contributed by atoms with Crippen LogP contribution in [-0.2, 0) is 21.9 Å². The Hall–Kier alpha value is -2.04.